The second kappa shape index (κ2) is 7.72. The zero-order valence-electron chi connectivity index (χ0n) is 17.5. The average molecular weight is 468 g/mol. The Bertz CT molecular complexity index is 1430. The average Bonchev–Trinajstić information content (AvgIpc) is 3.38. The summed E-state index contributed by atoms with van der Waals surface area (Å²) in [6, 6.07) is 9.79. The van der Waals surface area contributed by atoms with E-state index in [1.165, 1.54) is 16.2 Å². The van der Waals surface area contributed by atoms with Crippen LogP contribution in [-0.4, -0.2) is 23.2 Å². The molecule has 0 saturated heterocycles. The Hall–Kier alpha value is -3.23. The van der Waals surface area contributed by atoms with Crippen molar-refractivity contribution in [3.8, 4) is 5.75 Å². The molecule has 0 bridgehead atoms. The lowest BCUT2D eigenvalue weighted by molar-refractivity contribution is 0.0970. The van der Waals surface area contributed by atoms with Gasteiger partial charge in [0.25, 0.3) is 5.91 Å². The topological polar surface area (TPSA) is 85.5 Å². The molecule has 0 saturated carbocycles. The third kappa shape index (κ3) is 3.10. The Kier molecular flexibility index (Phi) is 4.98. The van der Waals surface area contributed by atoms with Crippen LogP contribution in [0.15, 0.2) is 45.6 Å². The van der Waals surface area contributed by atoms with Crippen LogP contribution >= 0.6 is 22.9 Å². The largest absolute Gasteiger partial charge is 0.497 e. The van der Waals surface area contributed by atoms with Crippen molar-refractivity contribution < 1.29 is 13.9 Å². The number of rotatable bonds is 4. The molecular weight excluding hydrogens is 450 g/mol. The molecular formula is C23H18ClN3O4S. The second-order valence-corrected chi connectivity index (χ2v) is 8.90. The Morgan fingerprint density at radius 1 is 1.19 bits per heavy atom. The van der Waals surface area contributed by atoms with Crippen molar-refractivity contribution in [1.82, 2.24) is 10.2 Å². The van der Waals surface area contributed by atoms with E-state index in [0.717, 1.165) is 16.1 Å². The number of hydrogen-bond donors (Lipinski definition) is 0. The van der Waals surface area contributed by atoms with Crippen LogP contribution in [0, 0.1) is 6.92 Å². The number of hydrogen-bond acceptors (Lipinski definition) is 7. The molecule has 1 amide bonds. The lowest BCUT2D eigenvalue weighted by Gasteiger charge is -2.22. The Balaban J connectivity index is 1.79. The number of carbonyl (C=O) groups is 1. The molecule has 1 unspecified atom stereocenters. The molecule has 5 rings (SSSR count). The maximum absolute atomic E-state index is 13.6. The minimum absolute atomic E-state index is 0.0123. The smallest absolute Gasteiger partial charge is 0.297 e. The number of methoxy groups -OCH3 is 1. The van der Waals surface area contributed by atoms with Crippen molar-refractivity contribution in [1.29, 1.82) is 0 Å². The highest BCUT2D eigenvalue weighted by atomic mass is 35.5. The summed E-state index contributed by atoms with van der Waals surface area (Å²) < 4.78 is 11.3. The fourth-order valence-electron chi connectivity index (χ4n) is 3.88. The second-order valence-electron chi connectivity index (χ2n) is 7.45. The Labute approximate surface area is 192 Å². The van der Waals surface area contributed by atoms with Gasteiger partial charge in [0.15, 0.2) is 5.43 Å². The molecule has 0 fully saturated rings. The summed E-state index contributed by atoms with van der Waals surface area (Å²) in [4.78, 5) is 28.6. The number of aryl methyl sites for hydroxylation is 2. The summed E-state index contributed by atoms with van der Waals surface area (Å²) >= 11 is 7.60. The van der Waals surface area contributed by atoms with E-state index >= 15 is 0 Å². The molecule has 2 aromatic carbocycles. The monoisotopic (exact) mass is 467 g/mol. The molecule has 0 radical (unpaired) electrons. The maximum atomic E-state index is 13.6. The number of nitrogens with zero attached hydrogens (tertiary/aromatic N) is 3. The van der Waals surface area contributed by atoms with E-state index in [0.29, 0.717) is 33.3 Å². The summed E-state index contributed by atoms with van der Waals surface area (Å²) in [5.41, 5.74) is 1.79. The zero-order valence-corrected chi connectivity index (χ0v) is 19.1. The summed E-state index contributed by atoms with van der Waals surface area (Å²) in [6.45, 7) is 3.78. The number of halogens is 1. The normalized spacial score (nSPS) is 15.4. The number of anilines is 1. The van der Waals surface area contributed by atoms with E-state index in [9.17, 15) is 9.59 Å². The van der Waals surface area contributed by atoms with Gasteiger partial charge < -0.3 is 9.15 Å². The molecule has 2 aromatic heterocycles. The van der Waals surface area contributed by atoms with Gasteiger partial charge >= 0.3 is 0 Å². The molecule has 1 aliphatic heterocycles. The highest BCUT2D eigenvalue weighted by Crippen LogP contribution is 2.42. The van der Waals surface area contributed by atoms with Crippen LogP contribution in [0.1, 0.15) is 45.2 Å². The van der Waals surface area contributed by atoms with Crippen molar-refractivity contribution in [3.05, 3.63) is 79.1 Å². The lowest BCUT2D eigenvalue weighted by Crippen LogP contribution is -2.29. The highest BCUT2D eigenvalue weighted by Gasteiger charge is 2.45. The van der Waals surface area contributed by atoms with Gasteiger partial charge in [0, 0.05) is 5.02 Å². The molecule has 0 N–H and O–H groups in total. The summed E-state index contributed by atoms with van der Waals surface area (Å²) in [5, 5.41) is 10.4. The zero-order chi connectivity index (χ0) is 22.6. The van der Waals surface area contributed by atoms with Gasteiger partial charge in [-0.3, -0.25) is 14.5 Å². The van der Waals surface area contributed by atoms with Gasteiger partial charge in [0.2, 0.25) is 10.9 Å². The first-order valence-electron chi connectivity index (χ1n) is 9.99. The van der Waals surface area contributed by atoms with Crippen LogP contribution in [0.4, 0.5) is 5.13 Å². The number of amides is 1. The van der Waals surface area contributed by atoms with Crippen molar-refractivity contribution in [2.24, 2.45) is 0 Å². The van der Waals surface area contributed by atoms with E-state index in [1.807, 2.05) is 26.0 Å². The molecule has 9 heteroatoms. The van der Waals surface area contributed by atoms with Gasteiger partial charge in [-0.25, -0.2) is 0 Å². The van der Waals surface area contributed by atoms with Crippen LogP contribution in [0.2, 0.25) is 5.02 Å². The van der Waals surface area contributed by atoms with E-state index in [1.54, 1.807) is 31.4 Å². The van der Waals surface area contributed by atoms with Crippen LogP contribution in [0.5, 0.6) is 5.75 Å². The first kappa shape index (κ1) is 20.7. The fraction of sp³-hybridized carbons (Fsp3) is 0.217. The fourth-order valence-corrected chi connectivity index (χ4v) is 4.85. The Morgan fingerprint density at radius 3 is 2.59 bits per heavy atom. The molecule has 4 aromatic rings. The van der Waals surface area contributed by atoms with E-state index in [-0.39, 0.29) is 16.8 Å². The maximum Gasteiger partial charge on any atom is 0.297 e. The Morgan fingerprint density at radius 2 is 1.94 bits per heavy atom. The molecule has 0 aliphatic carbocycles. The van der Waals surface area contributed by atoms with Gasteiger partial charge in [-0.1, -0.05) is 42.0 Å². The molecule has 0 spiro atoms. The van der Waals surface area contributed by atoms with E-state index < -0.39 is 11.9 Å². The first-order chi connectivity index (χ1) is 15.4. The minimum Gasteiger partial charge on any atom is -0.497 e. The summed E-state index contributed by atoms with van der Waals surface area (Å²) in [6.07, 6.45) is 0.693. The lowest BCUT2D eigenvalue weighted by atomic mass is 9.98. The van der Waals surface area contributed by atoms with E-state index in [2.05, 4.69) is 10.2 Å². The van der Waals surface area contributed by atoms with Crippen molar-refractivity contribution in [2.45, 2.75) is 26.3 Å². The third-order valence-corrected chi connectivity index (χ3v) is 7.02. The van der Waals surface area contributed by atoms with Gasteiger partial charge in [-0.15, -0.1) is 10.2 Å². The number of benzene rings is 2. The van der Waals surface area contributed by atoms with Gasteiger partial charge in [-0.2, -0.15) is 0 Å². The highest BCUT2D eigenvalue weighted by molar-refractivity contribution is 7.15. The molecule has 7 nitrogen and oxygen atoms in total. The molecule has 32 heavy (non-hydrogen) atoms. The minimum atomic E-state index is -0.707. The van der Waals surface area contributed by atoms with Crippen molar-refractivity contribution in [2.75, 3.05) is 12.0 Å². The van der Waals surface area contributed by atoms with Gasteiger partial charge in [-0.05, 0) is 48.7 Å². The van der Waals surface area contributed by atoms with Crippen LogP contribution in [0.25, 0.3) is 11.0 Å². The predicted molar refractivity (Wildman–Crippen MR) is 123 cm³/mol. The van der Waals surface area contributed by atoms with E-state index in [4.69, 9.17) is 20.8 Å². The van der Waals surface area contributed by atoms with Gasteiger partial charge in [0.05, 0.1) is 24.1 Å². The number of carbonyl (C=O) groups excluding carboxylic acids is 1. The number of ether oxygens (including phenoxy) is 1. The molecule has 3 heterocycles. The predicted octanol–water partition coefficient (Wildman–Crippen LogP) is 4.93. The number of aromatic nitrogens is 2. The molecule has 162 valence electrons. The third-order valence-electron chi connectivity index (χ3n) is 5.55. The van der Waals surface area contributed by atoms with Gasteiger partial charge in [0.1, 0.15) is 16.3 Å². The number of fused-ring (bicyclic) bond motifs is 2. The van der Waals surface area contributed by atoms with Crippen LogP contribution in [-0.2, 0) is 6.42 Å². The first-order valence-corrected chi connectivity index (χ1v) is 11.2. The quantitative estimate of drug-likeness (QED) is 0.423. The summed E-state index contributed by atoms with van der Waals surface area (Å²) in [7, 11) is 1.58. The van der Waals surface area contributed by atoms with Crippen molar-refractivity contribution in [3.63, 3.8) is 0 Å². The summed E-state index contributed by atoms with van der Waals surface area (Å²) in [5.74, 6) is 0.256. The molecule has 1 aliphatic rings. The van der Waals surface area contributed by atoms with Crippen LogP contribution in [0.3, 0.4) is 0 Å². The van der Waals surface area contributed by atoms with Crippen LogP contribution < -0.4 is 15.1 Å². The SMILES string of the molecule is CCc1nnc(N2C(=O)c3oc4cc(C)c(Cl)cc4c(=O)c3C2c2ccc(OC)cc2)s1. The molecule has 1 atom stereocenters. The van der Waals surface area contributed by atoms with Crippen molar-refractivity contribution >= 4 is 44.9 Å². The standard InChI is InChI=1S/C23H18ClN3O4S/c1-4-17-25-26-23(32-17)27-19(12-5-7-13(30-3)8-6-12)18-20(28)14-10-15(24)11(2)9-16(14)31-21(18)22(27)29/h5-10,19H,4H2,1-3H3.